The molecule has 0 unspecified atom stereocenters. The molecule has 1 amide bonds. The van der Waals surface area contributed by atoms with Crippen molar-refractivity contribution in [2.45, 2.75) is 0 Å². The van der Waals surface area contributed by atoms with E-state index >= 15 is 0 Å². The van der Waals surface area contributed by atoms with E-state index in [1.807, 2.05) is 30.3 Å². The van der Waals surface area contributed by atoms with Crippen LogP contribution in [0.5, 0.6) is 5.75 Å². The summed E-state index contributed by atoms with van der Waals surface area (Å²) in [6.45, 7) is 0. The van der Waals surface area contributed by atoms with Gasteiger partial charge in [-0.15, -0.1) is 0 Å². The minimum Gasteiger partial charge on any atom is -0.505 e. The smallest absolute Gasteiger partial charge is 0.257 e. The number of rotatable bonds is 6. The Morgan fingerprint density at radius 1 is 0.893 bits per heavy atom. The summed E-state index contributed by atoms with van der Waals surface area (Å²) in [7, 11) is 4.85. The average Bonchev–Trinajstić information content (AvgIpc) is 2.71. The molecule has 0 bridgehead atoms. The number of nitrogens with one attached hydrogen (secondary N) is 2. The predicted molar refractivity (Wildman–Crippen MR) is 109 cm³/mol. The number of carbonyl (C=O) groups excluding carboxylic acids is 1. The number of phenolic OH excluding ortho intramolecular Hbond substituents is 1. The first kappa shape index (κ1) is 19.0. The van der Waals surface area contributed by atoms with Gasteiger partial charge >= 0.3 is 0 Å². The molecule has 3 aromatic carbocycles. The van der Waals surface area contributed by atoms with Gasteiger partial charge in [0.05, 0.1) is 16.9 Å². The molecule has 0 saturated carbocycles. The molecule has 0 heterocycles. The molecule has 0 aliphatic carbocycles. The lowest BCUT2D eigenvalue weighted by molar-refractivity contribution is 0.0824. The molecule has 3 N–H and O–H groups in total. The Hall–Kier alpha value is -3.81. The van der Waals surface area contributed by atoms with Crippen LogP contribution in [0.15, 0.2) is 58.1 Å². The normalized spacial score (nSPS) is 10.5. The van der Waals surface area contributed by atoms with Gasteiger partial charge in [-0.1, -0.05) is 24.3 Å². The lowest BCUT2D eigenvalue weighted by Crippen LogP contribution is -2.40. The first-order valence-electron chi connectivity index (χ1n) is 8.50. The average molecular weight is 380 g/mol. The number of benzene rings is 2. The second-order valence-corrected chi connectivity index (χ2v) is 6.44. The SMILES string of the molecule is CN(C)C(=O)c1cccc(Nc2c(NN(C)c3ccccc3)c(=O)c2=O)c1O. The van der Waals surface area contributed by atoms with Gasteiger partial charge in [0.1, 0.15) is 11.4 Å². The highest BCUT2D eigenvalue weighted by Gasteiger charge is 2.24. The van der Waals surface area contributed by atoms with Gasteiger partial charge in [-0.05, 0) is 24.3 Å². The van der Waals surface area contributed by atoms with Gasteiger partial charge in [0.15, 0.2) is 5.75 Å². The molecule has 0 aromatic heterocycles. The van der Waals surface area contributed by atoms with Gasteiger partial charge in [-0.2, -0.15) is 0 Å². The van der Waals surface area contributed by atoms with Crippen LogP contribution in [-0.2, 0) is 0 Å². The Labute approximate surface area is 161 Å². The van der Waals surface area contributed by atoms with E-state index in [0.29, 0.717) is 0 Å². The zero-order valence-electron chi connectivity index (χ0n) is 15.7. The molecular weight excluding hydrogens is 360 g/mol. The lowest BCUT2D eigenvalue weighted by atomic mass is 10.1. The monoisotopic (exact) mass is 380 g/mol. The maximum Gasteiger partial charge on any atom is 0.257 e. The standard InChI is InChI=1S/C20H20N4O4/c1-23(2)20(28)13-10-7-11-14(17(13)25)21-15-16(19(27)18(15)26)22-24(3)12-8-5-4-6-9-12/h4-11,21-22,25H,1-3H3. The summed E-state index contributed by atoms with van der Waals surface area (Å²) in [5, 5.41) is 14.8. The highest BCUT2D eigenvalue weighted by molar-refractivity contribution is 5.99. The Balaban J connectivity index is 1.88. The van der Waals surface area contributed by atoms with Gasteiger partial charge in [-0.25, -0.2) is 0 Å². The molecule has 0 aliphatic heterocycles. The van der Waals surface area contributed by atoms with Gasteiger partial charge < -0.3 is 15.3 Å². The molecule has 0 aliphatic rings. The van der Waals surface area contributed by atoms with E-state index < -0.39 is 10.9 Å². The van der Waals surface area contributed by atoms with Crippen LogP contribution < -0.4 is 26.6 Å². The molecule has 0 saturated heterocycles. The van der Waals surface area contributed by atoms with Crippen LogP contribution in [0, 0.1) is 0 Å². The number of hydrogen-bond acceptors (Lipinski definition) is 7. The van der Waals surface area contributed by atoms with E-state index in [1.54, 1.807) is 32.2 Å². The van der Waals surface area contributed by atoms with Crippen molar-refractivity contribution in [3.05, 3.63) is 74.5 Å². The van der Waals surface area contributed by atoms with E-state index in [-0.39, 0.29) is 34.3 Å². The van der Waals surface area contributed by atoms with Gasteiger partial charge in [0.25, 0.3) is 16.8 Å². The third-order valence-electron chi connectivity index (χ3n) is 4.27. The molecular formula is C20H20N4O4. The summed E-state index contributed by atoms with van der Waals surface area (Å²) in [6.07, 6.45) is 0. The molecule has 3 aromatic rings. The summed E-state index contributed by atoms with van der Waals surface area (Å²) >= 11 is 0. The van der Waals surface area contributed by atoms with Crippen LogP contribution >= 0.6 is 0 Å². The third-order valence-corrected chi connectivity index (χ3v) is 4.27. The number of phenols is 1. The van der Waals surface area contributed by atoms with Crippen LogP contribution in [0.4, 0.5) is 22.7 Å². The number of nitrogens with zero attached hydrogens (tertiary/aromatic N) is 2. The Morgan fingerprint density at radius 3 is 2.18 bits per heavy atom. The number of aromatic hydroxyl groups is 1. The minimum atomic E-state index is -0.701. The van der Waals surface area contributed by atoms with Crippen molar-refractivity contribution in [1.82, 2.24) is 4.90 Å². The first-order valence-corrected chi connectivity index (χ1v) is 8.50. The number of para-hydroxylation sites is 2. The summed E-state index contributed by atoms with van der Waals surface area (Å²) in [5.74, 6) is -0.676. The molecule has 8 heteroatoms. The second kappa shape index (κ2) is 7.43. The molecule has 0 spiro atoms. The lowest BCUT2D eigenvalue weighted by Gasteiger charge is -2.24. The van der Waals surface area contributed by atoms with E-state index in [0.717, 1.165) is 5.69 Å². The largest absolute Gasteiger partial charge is 0.505 e. The Morgan fingerprint density at radius 2 is 1.54 bits per heavy atom. The van der Waals surface area contributed by atoms with Crippen molar-refractivity contribution in [1.29, 1.82) is 0 Å². The molecule has 0 atom stereocenters. The number of hydrazine groups is 1. The fourth-order valence-electron chi connectivity index (χ4n) is 2.69. The molecule has 28 heavy (non-hydrogen) atoms. The van der Waals surface area contributed by atoms with E-state index in [9.17, 15) is 19.5 Å². The van der Waals surface area contributed by atoms with Gasteiger partial charge in [0.2, 0.25) is 0 Å². The maximum atomic E-state index is 12.2. The fourth-order valence-corrected chi connectivity index (χ4v) is 2.69. The van der Waals surface area contributed by atoms with Crippen molar-refractivity contribution in [3.63, 3.8) is 0 Å². The van der Waals surface area contributed by atoms with Gasteiger partial charge in [0, 0.05) is 21.1 Å². The van der Waals surface area contributed by atoms with Crippen LogP contribution in [0.1, 0.15) is 10.4 Å². The van der Waals surface area contributed by atoms with Crippen molar-refractivity contribution < 1.29 is 9.90 Å². The maximum absolute atomic E-state index is 12.2. The van der Waals surface area contributed by atoms with Gasteiger partial charge in [-0.3, -0.25) is 24.8 Å². The van der Waals surface area contributed by atoms with Crippen molar-refractivity contribution in [2.75, 3.05) is 36.9 Å². The topological polar surface area (TPSA) is 102 Å². The van der Waals surface area contributed by atoms with Crippen LogP contribution in [-0.4, -0.2) is 37.1 Å². The van der Waals surface area contributed by atoms with Crippen molar-refractivity contribution in [3.8, 4) is 5.75 Å². The zero-order valence-corrected chi connectivity index (χ0v) is 15.7. The van der Waals surface area contributed by atoms with Crippen molar-refractivity contribution >= 4 is 28.7 Å². The van der Waals surface area contributed by atoms with E-state index in [2.05, 4.69) is 10.7 Å². The molecule has 3 rings (SSSR count). The van der Waals surface area contributed by atoms with Crippen LogP contribution in [0.25, 0.3) is 0 Å². The Bertz CT molecular complexity index is 1090. The van der Waals surface area contributed by atoms with Crippen molar-refractivity contribution in [2.24, 2.45) is 0 Å². The van der Waals surface area contributed by atoms with Crippen LogP contribution in [0.3, 0.4) is 0 Å². The first-order chi connectivity index (χ1) is 13.3. The Kier molecular flexibility index (Phi) is 5.04. The highest BCUT2D eigenvalue weighted by atomic mass is 16.3. The van der Waals surface area contributed by atoms with E-state index in [4.69, 9.17) is 0 Å². The highest BCUT2D eigenvalue weighted by Crippen LogP contribution is 2.32. The zero-order chi connectivity index (χ0) is 20.4. The molecule has 0 radical (unpaired) electrons. The fraction of sp³-hybridized carbons (Fsp3) is 0.150. The number of carbonyl (C=O) groups is 1. The summed E-state index contributed by atoms with van der Waals surface area (Å²) in [4.78, 5) is 37.6. The second-order valence-electron chi connectivity index (χ2n) is 6.44. The molecule has 0 fully saturated rings. The quantitative estimate of drug-likeness (QED) is 0.341. The summed E-state index contributed by atoms with van der Waals surface area (Å²) < 4.78 is 0. The van der Waals surface area contributed by atoms with E-state index in [1.165, 1.54) is 17.0 Å². The minimum absolute atomic E-state index is 0.0255. The predicted octanol–water partition coefficient (Wildman–Crippen LogP) is 1.90. The molecule has 8 nitrogen and oxygen atoms in total. The summed E-state index contributed by atoms with van der Waals surface area (Å²) in [6, 6.07) is 13.8. The number of hydrogen-bond donors (Lipinski definition) is 3. The van der Waals surface area contributed by atoms with Crippen LogP contribution in [0.2, 0.25) is 0 Å². The number of amides is 1. The summed E-state index contributed by atoms with van der Waals surface area (Å²) in [5.41, 5.74) is 2.67. The third kappa shape index (κ3) is 3.39. The molecule has 144 valence electrons. The number of anilines is 4.